The Kier molecular flexibility index (Phi) is 5.73. The van der Waals surface area contributed by atoms with Crippen LogP contribution in [0, 0.1) is 11.7 Å². The van der Waals surface area contributed by atoms with Gasteiger partial charge in [0.2, 0.25) is 5.91 Å². The average molecular weight is 373 g/mol. The van der Waals surface area contributed by atoms with Gasteiger partial charge in [0.25, 0.3) is 0 Å². The number of carbonyl (C=O) groups is 2. The summed E-state index contributed by atoms with van der Waals surface area (Å²) in [5.41, 5.74) is 1.07. The highest BCUT2D eigenvalue weighted by Crippen LogP contribution is 2.18. The van der Waals surface area contributed by atoms with Gasteiger partial charge in [-0.25, -0.2) is 9.18 Å². The van der Waals surface area contributed by atoms with E-state index in [1.54, 1.807) is 41.0 Å². The molecule has 1 aliphatic rings. The van der Waals surface area contributed by atoms with Gasteiger partial charge in [-0.2, -0.15) is 5.10 Å². The van der Waals surface area contributed by atoms with Crippen LogP contribution in [0.5, 0.6) is 0 Å². The van der Waals surface area contributed by atoms with Gasteiger partial charge in [-0.1, -0.05) is 18.2 Å². The lowest BCUT2D eigenvalue weighted by molar-refractivity contribution is -0.127. The number of hydrogen-bond donors (Lipinski definition) is 1. The van der Waals surface area contributed by atoms with E-state index < -0.39 is 0 Å². The topological polar surface area (TPSA) is 70.5 Å². The lowest BCUT2D eigenvalue weighted by Crippen LogP contribution is -2.36. The fraction of sp³-hybridized carbons (Fsp3) is 0.421. The Morgan fingerprint density at radius 3 is 2.89 bits per heavy atom. The smallest absolute Gasteiger partial charge is 0.321 e. The average Bonchev–Trinajstić information content (AvgIpc) is 3.22. The van der Waals surface area contributed by atoms with Gasteiger partial charge in [0.15, 0.2) is 0 Å². The molecule has 0 unspecified atom stereocenters. The normalized spacial score (nSPS) is 16.6. The Labute approximate surface area is 157 Å². The molecule has 1 N–H and O–H groups in total. The summed E-state index contributed by atoms with van der Waals surface area (Å²) in [5.74, 6) is 0.00765. The van der Waals surface area contributed by atoms with E-state index in [0.29, 0.717) is 37.3 Å². The second-order valence-electron chi connectivity index (χ2n) is 6.83. The van der Waals surface area contributed by atoms with Crippen LogP contribution in [0.2, 0.25) is 0 Å². The number of nitrogens with zero attached hydrogens (tertiary/aromatic N) is 4. The Hall–Kier alpha value is -2.90. The van der Waals surface area contributed by atoms with Crippen molar-refractivity contribution in [2.75, 3.05) is 32.0 Å². The molecule has 7 nitrogen and oxygen atoms in total. The number of amides is 3. The first-order chi connectivity index (χ1) is 13.0. The molecule has 27 heavy (non-hydrogen) atoms. The van der Waals surface area contributed by atoms with E-state index in [1.165, 1.54) is 12.3 Å². The molecule has 0 aliphatic carbocycles. The number of carbonyl (C=O) groups excluding carboxylic acids is 2. The van der Waals surface area contributed by atoms with Gasteiger partial charge >= 0.3 is 6.03 Å². The van der Waals surface area contributed by atoms with Gasteiger partial charge in [-0.05, 0) is 13.0 Å². The van der Waals surface area contributed by atoms with E-state index in [9.17, 15) is 14.0 Å². The Bertz CT molecular complexity index is 822. The van der Waals surface area contributed by atoms with Gasteiger partial charge in [0, 0.05) is 50.8 Å². The lowest BCUT2D eigenvalue weighted by atomic mass is 10.1. The number of nitrogens with one attached hydrogen (secondary N) is 1. The Morgan fingerprint density at radius 2 is 2.19 bits per heavy atom. The van der Waals surface area contributed by atoms with Crippen molar-refractivity contribution in [1.82, 2.24) is 19.6 Å². The van der Waals surface area contributed by atoms with Gasteiger partial charge in [0.1, 0.15) is 5.82 Å². The third kappa shape index (κ3) is 4.64. The van der Waals surface area contributed by atoms with E-state index in [2.05, 4.69) is 10.4 Å². The number of likely N-dealkylation sites (tertiary alicyclic amines) is 1. The van der Waals surface area contributed by atoms with E-state index >= 15 is 0 Å². The first-order valence-corrected chi connectivity index (χ1v) is 9.02. The first-order valence-electron chi connectivity index (χ1n) is 9.02. The van der Waals surface area contributed by atoms with Crippen LogP contribution in [0.1, 0.15) is 18.9 Å². The minimum atomic E-state index is -0.287. The number of anilines is 1. The zero-order valence-corrected chi connectivity index (χ0v) is 15.6. The molecule has 1 aromatic heterocycles. The zero-order chi connectivity index (χ0) is 19.4. The third-order valence-corrected chi connectivity index (χ3v) is 4.73. The van der Waals surface area contributed by atoms with Crippen molar-refractivity contribution in [3.63, 3.8) is 0 Å². The number of benzene rings is 1. The molecule has 0 spiro atoms. The van der Waals surface area contributed by atoms with E-state index in [1.807, 2.05) is 11.8 Å². The van der Waals surface area contributed by atoms with Crippen molar-refractivity contribution in [2.24, 2.45) is 5.92 Å². The van der Waals surface area contributed by atoms with Gasteiger partial charge in [0.05, 0.1) is 18.4 Å². The highest BCUT2D eigenvalue weighted by molar-refractivity contribution is 5.89. The van der Waals surface area contributed by atoms with E-state index in [0.717, 1.165) is 0 Å². The van der Waals surface area contributed by atoms with Crippen molar-refractivity contribution in [3.8, 4) is 0 Å². The summed E-state index contributed by atoms with van der Waals surface area (Å²) in [6.07, 6.45) is 3.67. The molecule has 2 heterocycles. The summed E-state index contributed by atoms with van der Waals surface area (Å²) in [5, 5.41) is 6.95. The molecule has 144 valence electrons. The van der Waals surface area contributed by atoms with Crippen molar-refractivity contribution in [1.29, 1.82) is 0 Å². The van der Waals surface area contributed by atoms with Crippen LogP contribution in [0.15, 0.2) is 36.7 Å². The SMILES string of the molecule is CCN1C[C@H](CN(C)C(=O)Nc2cnn(Cc3ccccc3F)c2)CC1=O. The van der Waals surface area contributed by atoms with Gasteiger partial charge < -0.3 is 15.1 Å². The maximum Gasteiger partial charge on any atom is 0.321 e. The number of hydrogen-bond acceptors (Lipinski definition) is 3. The summed E-state index contributed by atoms with van der Waals surface area (Å²) in [4.78, 5) is 27.6. The van der Waals surface area contributed by atoms with Crippen LogP contribution in [0.4, 0.5) is 14.9 Å². The number of aromatic nitrogens is 2. The molecule has 1 aromatic carbocycles. The molecule has 0 radical (unpaired) electrons. The summed E-state index contributed by atoms with van der Waals surface area (Å²) < 4.78 is 15.3. The molecular formula is C19H24FN5O2. The fourth-order valence-electron chi connectivity index (χ4n) is 3.29. The second kappa shape index (κ2) is 8.20. The number of halogens is 1. The zero-order valence-electron chi connectivity index (χ0n) is 15.6. The molecule has 1 saturated heterocycles. The van der Waals surface area contributed by atoms with Crippen LogP contribution in [0.3, 0.4) is 0 Å². The van der Waals surface area contributed by atoms with Crippen molar-refractivity contribution in [2.45, 2.75) is 19.9 Å². The van der Waals surface area contributed by atoms with Crippen molar-refractivity contribution >= 4 is 17.6 Å². The van der Waals surface area contributed by atoms with Crippen LogP contribution < -0.4 is 5.32 Å². The summed E-state index contributed by atoms with van der Waals surface area (Å²) in [6.45, 7) is 4.14. The number of urea groups is 1. The van der Waals surface area contributed by atoms with Crippen LogP contribution in [0.25, 0.3) is 0 Å². The Balaban J connectivity index is 1.53. The standard InChI is InChI=1S/C19H24FN5O2/c1-3-24-11-14(8-18(24)26)10-23(2)19(27)22-16-9-21-25(13-16)12-15-6-4-5-7-17(15)20/h4-7,9,13-14H,3,8,10-12H2,1-2H3,(H,22,27)/t14-/m0/s1. The molecule has 0 saturated carbocycles. The lowest BCUT2D eigenvalue weighted by Gasteiger charge is -2.21. The largest absolute Gasteiger partial charge is 0.343 e. The van der Waals surface area contributed by atoms with Crippen LogP contribution in [-0.4, -0.2) is 58.2 Å². The van der Waals surface area contributed by atoms with E-state index in [-0.39, 0.29) is 30.2 Å². The van der Waals surface area contributed by atoms with Gasteiger partial charge in [-0.15, -0.1) is 0 Å². The highest BCUT2D eigenvalue weighted by Gasteiger charge is 2.30. The van der Waals surface area contributed by atoms with Crippen LogP contribution in [-0.2, 0) is 11.3 Å². The van der Waals surface area contributed by atoms with Gasteiger partial charge in [-0.3, -0.25) is 9.48 Å². The van der Waals surface area contributed by atoms with Crippen LogP contribution >= 0.6 is 0 Å². The first kappa shape index (κ1) is 18.9. The predicted molar refractivity (Wildman–Crippen MR) is 99.7 cm³/mol. The fourth-order valence-corrected chi connectivity index (χ4v) is 3.29. The minimum absolute atomic E-state index is 0.144. The molecule has 2 aromatic rings. The summed E-state index contributed by atoms with van der Waals surface area (Å²) in [6, 6.07) is 6.26. The molecule has 1 fully saturated rings. The second-order valence-corrected chi connectivity index (χ2v) is 6.83. The molecule has 0 bridgehead atoms. The molecule has 1 aliphatic heterocycles. The number of rotatable bonds is 6. The molecule has 3 rings (SSSR count). The van der Waals surface area contributed by atoms with Crippen molar-refractivity contribution < 1.29 is 14.0 Å². The molecule has 3 amide bonds. The van der Waals surface area contributed by atoms with E-state index in [4.69, 9.17) is 0 Å². The van der Waals surface area contributed by atoms with Crippen molar-refractivity contribution in [3.05, 3.63) is 48.0 Å². The highest BCUT2D eigenvalue weighted by atomic mass is 19.1. The maximum atomic E-state index is 13.7. The molecule has 1 atom stereocenters. The molecular weight excluding hydrogens is 349 g/mol. The predicted octanol–water partition coefficient (Wildman–Crippen LogP) is 2.40. The Morgan fingerprint density at radius 1 is 1.41 bits per heavy atom. The minimum Gasteiger partial charge on any atom is -0.343 e. The maximum absolute atomic E-state index is 13.7. The summed E-state index contributed by atoms with van der Waals surface area (Å²) in [7, 11) is 1.71. The summed E-state index contributed by atoms with van der Waals surface area (Å²) >= 11 is 0. The molecule has 8 heteroatoms. The monoisotopic (exact) mass is 373 g/mol. The quantitative estimate of drug-likeness (QED) is 0.845. The third-order valence-electron chi connectivity index (χ3n) is 4.73.